The van der Waals surface area contributed by atoms with Crippen molar-refractivity contribution in [3.8, 4) is 0 Å². The summed E-state index contributed by atoms with van der Waals surface area (Å²) in [5.41, 5.74) is 3.68. The molecule has 2 rings (SSSR count). The van der Waals surface area contributed by atoms with Crippen molar-refractivity contribution in [1.29, 1.82) is 0 Å². The molecule has 0 fully saturated rings. The molecule has 0 aliphatic heterocycles. The normalized spacial score (nSPS) is 16.2. The maximum Gasteiger partial charge on any atom is 0.0889 e. The lowest BCUT2D eigenvalue weighted by Gasteiger charge is -2.14. The first kappa shape index (κ1) is 9.25. The fraction of sp³-hybridized carbons (Fsp3) is 0.417. The number of pyridine rings is 1. The Morgan fingerprint density at radius 3 is 3.00 bits per heavy atom. The van der Waals surface area contributed by atoms with Crippen LogP contribution in [0.15, 0.2) is 24.4 Å². The summed E-state index contributed by atoms with van der Waals surface area (Å²) in [5.74, 6) is 0. The van der Waals surface area contributed by atoms with E-state index in [1.807, 2.05) is 19.3 Å². The van der Waals surface area contributed by atoms with Crippen LogP contribution in [0.1, 0.15) is 31.4 Å². The Morgan fingerprint density at radius 2 is 2.29 bits per heavy atom. The van der Waals surface area contributed by atoms with Crippen molar-refractivity contribution in [1.82, 2.24) is 4.98 Å². The van der Waals surface area contributed by atoms with Crippen LogP contribution in [0.5, 0.6) is 0 Å². The maximum atomic E-state index is 4.44. The van der Waals surface area contributed by atoms with Crippen molar-refractivity contribution >= 4 is 11.3 Å². The number of nitrogens with zero attached hydrogens (tertiary/aromatic N) is 1. The van der Waals surface area contributed by atoms with E-state index in [1.54, 1.807) is 0 Å². The van der Waals surface area contributed by atoms with Crippen LogP contribution in [0.3, 0.4) is 0 Å². The maximum absolute atomic E-state index is 4.44. The van der Waals surface area contributed by atoms with Crippen molar-refractivity contribution in [3.05, 3.63) is 30.1 Å². The number of hydrogen-bond donors (Lipinski definition) is 1. The Kier molecular flexibility index (Phi) is 2.82. The Labute approximate surface area is 85.1 Å². The Morgan fingerprint density at radius 1 is 1.36 bits per heavy atom. The van der Waals surface area contributed by atoms with Gasteiger partial charge in [0.15, 0.2) is 0 Å². The van der Waals surface area contributed by atoms with E-state index in [1.165, 1.54) is 31.3 Å². The number of nitrogens with one attached hydrogen (secondary N) is 1. The van der Waals surface area contributed by atoms with Crippen LogP contribution in [0, 0.1) is 0 Å². The van der Waals surface area contributed by atoms with Gasteiger partial charge in [0.1, 0.15) is 0 Å². The molecule has 1 aliphatic carbocycles. The Balaban J connectivity index is 2.34. The first-order valence-corrected chi connectivity index (χ1v) is 5.24. The second-order valence-electron chi connectivity index (χ2n) is 3.62. The highest BCUT2D eigenvalue weighted by Crippen LogP contribution is 2.29. The van der Waals surface area contributed by atoms with Crippen molar-refractivity contribution < 1.29 is 0 Å². The molecular formula is C12H16N2. The number of hydrogen-bond acceptors (Lipinski definition) is 2. The van der Waals surface area contributed by atoms with Crippen molar-refractivity contribution in [2.45, 2.75) is 25.7 Å². The van der Waals surface area contributed by atoms with Crippen LogP contribution in [0.25, 0.3) is 5.57 Å². The van der Waals surface area contributed by atoms with Gasteiger partial charge in [-0.1, -0.05) is 6.08 Å². The van der Waals surface area contributed by atoms with Gasteiger partial charge >= 0.3 is 0 Å². The third-order valence-corrected chi connectivity index (χ3v) is 2.67. The quantitative estimate of drug-likeness (QED) is 0.771. The zero-order valence-corrected chi connectivity index (χ0v) is 8.59. The number of rotatable bonds is 2. The molecule has 1 aliphatic rings. The van der Waals surface area contributed by atoms with Crippen molar-refractivity contribution in [2.24, 2.45) is 0 Å². The third kappa shape index (κ3) is 1.79. The molecule has 0 radical (unpaired) electrons. The predicted octanol–water partition coefficient (Wildman–Crippen LogP) is 3.08. The highest BCUT2D eigenvalue weighted by atomic mass is 14.9. The largest absolute Gasteiger partial charge is 0.386 e. The molecule has 2 nitrogen and oxygen atoms in total. The molecule has 0 bridgehead atoms. The zero-order chi connectivity index (χ0) is 9.80. The summed E-state index contributed by atoms with van der Waals surface area (Å²) < 4.78 is 0. The topological polar surface area (TPSA) is 24.9 Å². The summed E-state index contributed by atoms with van der Waals surface area (Å²) in [6, 6.07) is 4.05. The smallest absolute Gasteiger partial charge is 0.0889 e. The summed E-state index contributed by atoms with van der Waals surface area (Å²) in [5, 5.41) is 3.19. The van der Waals surface area contributed by atoms with Crippen LogP contribution >= 0.6 is 0 Å². The second-order valence-corrected chi connectivity index (χ2v) is 3.62. The summed E-state index contributed by atoms with van der Waals surface area (Å²) in [4.78, 5) is 4.44. The van der Waals surface area contributed by atoms with Gasteiger partial charge in [-0.3, -0.25) is 4.98 Å². The highest BCUT2D eigenvalue weighted by Gasteiger charge is 2.10. The summed E-state index contributed by atoms with van der Waals surface area (Å²) >= 11 is 0. The van der Waals surface area contributed by atoms with Gasteiger partial charge in [0.2, 0.25) is 0 Å². The fourth-order valence-corrected chi connectivity index (χ4v) is 1.92. The second kappa shape index (κ2) is 4.27. The van der Waals surface area contributed by atoms with E-state index in [0.717, 1.165) is 11.4 Å². The molecule has 14 heavy (non-hydrogen) atoms. The van der Waals surface area contributed by atoms with E-state index < -0.39 is 0 Å². The van der Waals surface area contributed by atoms with Gasteiger partial charge in [-0.25, -0.2) is 0 Å². The van der Waals surface area contributed by atoms with Crippen LogP contribution in [0.2, 0.25) is 0 Å². The molecule has 0 atom stereocenters. The van der Waals surface area contributed by atoms with E-state index in [4.69, 9.17) is 0 Å². The van der Waals surface area contributed by atoms with Crippen LogP contribution in [-0.2, 0) is 0 Å². The van der Waals surface area contributed by atoms with Crippen molar-refractivity contribution in [3.63, 3.8) is 0 Å². The predicted molar refractivity (Wildman–Crippen MR) is 60.2 cm³/mol. The lowest BCUT2D eigenvalue weighted by molar-refractivity contribution is 0.740. The monoisotopic (exact) mass is 188 g/mol. The minimum absolute atomic E-state index is 1.13. The molecule has 0 saturated carbocycles. The van der Waals surface area contributed by atoms with Gasteiger partial charge in [-0.15, -0.1) is 0 Å². The molecule has 2 heteroatoms. The van der Waals surface area contributed by atoms with Gasteiger partial charge in [0.25, 0.3) is 0 Å². The average molecular weight is 188 g/mol. The number of allylic oxidation sites excluding steroid dienone is 2. The molecule has 0 saturated heterocycles. The molecule has 0 unspecified atom stereocenters. The van der Waals surface area contributed by atoms with Crippen LogP contribution in [-0.4, -0.2) is 12.0 Å². The van der Waals surface area contributed by atoms with E-state index in [2.05, 4.69) is 22.4 Å². The summed E-state index contributed by atoms with van der Waals surface area (Å²) in [7, 11) is 1.95. The molecule has 1 heterocycles. The van der Waals surface area contributed by atoms with Gasteiger partial charge in [0.05, 0.1) is 11.4 Å². The van der Waals surface area contributed by atoms with Gasteiger partial charge in [-0.2, -0.15) is 0 Å². The molecule has 1 N–H and O–H groups in total. The summed E-state index contributed by atoms with van der Waals surface area (Å²) in [6.07, 6.45) is 9.19. The van der Waals surface area contributed by atoms with Gasteiger partial charge in [0, 0.05) is 13.2 Å². The molecule has 74 valence electrons. The molecule has 1 aromatic rings. The SMILES string of the molecule is CNc1cccnc1C1=CCCCC1. The van der Waals surface area contributed by atoms with Crippen molar-refractivity contribution in [2.75, 3.05) is 12.4 Å². The van der Waals surface area contributed by atoms with E-state index in [9.17, 15) is 0 Å². The van der Waals surface area contributed by atoms with E-state index in [0.29, 0.717) is 0 Å². The third-order valence-electron chi connectivity index (χ3n) is 2.67. The van der Waals surface area contributed by atoms with E-state index in [-0.39, 0.29) is 0 Å². The lowest BCUT2D eigenvalue weighted by atomic mass is 9.96. The van der Waals surface area contributed by atoms with E-state index >= 15 is 0 Å². The fourth-order valence-electron chi connectivity index (χ4n) is 1.92. The average Bonchev–Trinajstić information content (AvgIpc) is 2.30. The molecule has 1 aromatic heterocycles. The Hall–Kier alpha value is -1.31. The molecule has 0 aromatic carbocycles. The van der Waals surface area contributed by atoms with Crippen LogP contribution < -0.4 is 5.32 Å². The minimum atomic E-state index is 1.13. The van der Waals surface area contributed by atoms with Gasteiger partial charge < -0.3 is 5.32 Å². The first-order chi connectivity index (χ1) is 6.92. The lowest BCUT2D eigenvalue weighted by Crippen LogP contribution is -2.00. The standard InChI is InChI=1S/C12H16N2/c1-13-11-8-5-9-14-12(11)10-6-3-2-4-7-10/h5-6,8-9,13H,2-4,7H2,1H3. The Bertz CT molecular complexity index is 342. The first-order valence-electron chi connectivity index (χ1n) is 5.24. The number of anilines is 1. The van der Waals surface area contributed by atoms with Crippen LogP contribution in [0.4, 0.5) is 5.69 Å². The highest BCUT2D eigenvalue weighted by molar-refractivity contribution is 5.73. The minimum Gasteiger partial charge on any atom is -0.386 e. The van der Waals surface area contributed by atoms with Gasteiger partial charge in [-0.05, 0) is 43.4 Å². The molecular weight excluding hydrogens is 172 g/mol. The summed E-state index contributed by atoms with van der Waals surface area (Å²) in [6.45, 7) is 0. The molecule has 0 spiro atoms. The molecule has 0 amide bonds. The number of aromatic nitrogens is 1. The zero-order valence-electron chi connectivity index (χ0n) is 8.59.